The molecular weight excluding hydrogens is 365 g/mol. The van der Waals surface area contributed by atoms with Gasteiger partial charge in [-0.2, -0.15) is 0 Å². The van der Waals surface area contributed by atoms with Crippen molar-refractivity contribution in [1.82, 2.24) is 0 Å². The number of anilines is 1. The number of carboxylic acid groups (broad SMARTS) is 1. The van der Waals surface area contributed by atoms with Gasteiger partial charge in [-0.1, -0.05) is 56.3 Å². The minimum atomic E-state index is -3.52. The van der Waals surface area contributed by atoms with E-state index in [1.807, 2.05) is 44.2 Å². The molecule has 0 aliphatic rings. The molecule has 6 nitrogen and oxygen atoms in total. The molecule has 0 amide bonds. The topological polar surface area (TPSA) is 87.7 Å². The number of hydrogen-bond donors (Lipinski definition) is 1. The molecule has 0 fully saturated rings. The zero-order chi connectivity index (χ0) is 19.7. The summed E-state index contributed by atoms with van der Waals surface area (Å²) in [6, 6.07) is 15.4. The van der Waals surface area contributed by atoms with Crippen LogP contribution in [-0.4, -0.2) is 19.2 Å². The Labute approximate surface area is 160 Å². The van der Waals surface area contributed by atoms with Crippen LogP contribution in [0.3, 0.4) is 0 Å². The Kier molecular flexibility index (Phi) is 8.04. The molecule has 2 aromatic carbocycles. The summed E-state index contributed by atoms with van der Waals surface area (Å²) in [5, 5.41) is 14.1. The van der Waals surface area contributed by atoms with Gasteiger partial charge in [0.05, 0.1) is 19.2 Å². The first-order chi connectivity index (χ1) is 13.0. The van der Waals surface area contributed by atoms with Gasteiger partial charge in [0.1, 0.15) is 0 Å². The van der Waals surface area contributed by atoms with Crippen LogP contribution in [-0.2, 0) is 13.6 Å². The number of aromatic carboxylic acids is 1. The quantitative estimate of drug-likeness (QED) is 0.579. The van der Waals surface area contributed by atoms with Crippen molar-refractivity contribution in [2.45, 2.75) is 32.5 Å². The van der Waals surface area contributed by atoms with Gasteiger partial charge in [0, 0.05) is 5.69 Å². The van der Waals surface area contributed by atoms with Crippen molar-refractivity contribution in [3.8, 4) is 0 Å². The summed E-state index contributed by atoms with van der Waals surface area (Å²) in [6.07, 6.45) is 1.42. The lowest BCUT2D eigenvalue weighted by molar-refractivity contribution is -0.255. The molecular formula is C20H25NO5P-. The second-order valence-electron chi connectivity index (χ2n) is 6.03. The molecule has 2 rings (SSSR count). The van der Waals surface area contributed by atoms with Crippen LogP contribution in [0.5, 0.6) is 0 Å². The zero-order valence-electron chi connectivity index (χ0n) is 15.6. The number of nitrogens with one attached hydrogen (secondary N) is 1. The maximum absolute atomic E-state index is 13.6. The SMILES string of the molecule is CCCOP(=O)(OCCC)[C@@H](Nc1ccc(C(=O)[O-])cc1)c1ccccc1. The van der Waals surface area contributed by atoms with Crippen molar-refractivity contribution in [2.75, 3.05) is 18.5 Å². The monoisotopic (exact) mass is 390 g/mol. The van der Waals surface area contributed by atoms with Crippen molar-refractivity contribution < 1.29 is 23.5 Å². The molecule has 27 heavy (non-hydrogen) atoms. The van der Waals surface area contributed by atoms with Crippen molar-refractivity contribution in [3.05, 3.63) is 65.7 Å². The largest absolute Gasteiger partial charge is 0.545 e. The minimum absolute atomic E-state index is 0.0736. The van der Waals surface area contributed by atoms with Crippen molar-refractivity contribution >= 4 is 19.3 Å². The minimum Gasteiger partial charge on any atom is -0.545 e. The summed E-state index contributed by atoms with van der Waals surface area (Å²) >= 11 is 0. The summed E-state index contributed by atoms with van der Waals surface area (Å²) < 4.78 is 25.0. The number of benzene rings is 2. The van der Waals surface area contributed by atoms with Crippen LogP contribution in [0.4, 0.5) is 5.69 Å². The van der Waals surface area contributed by atoms with Crippen molar-refractivity contribution in [2.24, 2.45) is 0 Å². The highest BCUT2D eigenvalue weighted by atomic mass is 31.2. The standard InChI is InChI=1S/C20H26NO5P/c1-3-14-25-27(24,26-15-4-2)19(16-8-6-5-7-9-16)21-18-12-10-17(11-13-18)20(22)23/h5-13,19,21H,3-4,14-15H2,1-2H3,(H,22,23)/p-1/t19-/m1/s1. The Balaban J connectivity index is 2.37. The summed E-state index contributed by atoms with van der Waals surface area (Å²) in [5.74, 6) is -1.96. The highest BCUT2D eigenvalue weighted by Crippen LogP contribution is 2.61. The summed E-state index contributed by atoms with van der Waals surface area (Å²) in [6.45, 7) is 4.51. The Morgan fingerprint density at radius 3 is 2.04 bits per heavy atom. The molecule has 0 unspecified atom stereocenters. The molecule has 0 heterocycles. The Bertz CT molecular complexity index is 752. The molecule has 0 aliphatic heterocycles. The molecule has 0 saturated carbocycles. The first kappa shape index (κ1) is 21.2. The second-order valence-corrected chi connectivity index (χ2v) is 8.14. The fourth-order valence-corrected chi connectivity index (χ4v) is 4.56. The van der Waals surface area contributed by atoms with E-state index in [-0.39, 0.29) is 5.56 Å². The van der Waals surface area contributed by atoms with Gasteiger partial charge in [-0.25, -0.2) is 0 Å². The van der Waals surface area contributed by atoms with E-state index >= 15 is 0 Å². The summed E-state index contributed by atoms with van der Waals surface area (Å²) in [7, 11) is -3.52. The Morgan fingerprint density at radius 2 is 1.56 bits per heavy atom. The number of hydrogen-bond acceptors (Lipinski definition) is 6. The van der Waals surface area contributed by atoms with Gasteiger partial charge in [-0.05, 0) is 36.1 Å². The van der Waals surface area contributed by atoms with E-state index in [4.69, 9.17) is 9.05 Å². The van der Waals surface area contributed by atoms with Crippen LogP contribution in [0.25, 0.3) is 0 Å². The molecule has 7 heteroatoms. The van der Waals surface area contributed by atoms with Crippen LogP contribution in [0.15, 0.2) is 54.6 Å². The lowest BCUT2D eigenvalue weighted by Crippen LogP contribution is -2.22. The fourth-order valence-electron chi connectivity index (χ4n) is 2.46. The van der Waals surface area contributed by atoms with Gasteiger partial charge in [-0.15, -0.1) is 0 Å². The van der Waals surface area contributed by atoms with Crippen molar-refractivity contribution in [3.63, 3.8) is 0 Å². The van der Waals surface area contributed by atoms with Gasteiger partial charge in [-0.3, -0.25) is 4.57 Å². The lowest BCUT2D eigenvalue weighted by Gasteiger charge is -2.29. The van der Waals surface area contributed by atoms with E-state index in [1.54, 1.807) is 12.1 Å². The van der Waals surface area contributed by atoms with E-state index in [0.717, 1.165) is 5.56 Å². The average Bonchev–Trinajstić information content (AvgIpc) is 2.70. The smallest absolute Gasteiger partial charge is 0.357 e. The molecule has 0 aliphatic carbocycles. The van der Waals surface area contributed by atoms with Gasteiger partial charge in [0.2, 0.25) is 0 Å². The Morgan fingerprint density at radius 1 is 1.00 bits per heavy atom. The molecule has 0 spiro atoms. The molecule has 1 N–H and O–H groups in total. The fraction of sp³-hybridized carbons (Fsp3) is 0.350. The van der Waals surface area contributed by atoms with E-state index < -0.39 is 19.3 Å². The molecule has 146 valence electrons. The third kappa shape index (κ3) is 5.93. The third-order valence-corrected chi connectivity index (χ3v) is 5.95. The third-order valence-electron chi connectivity index (χ3n) is 3.81. The molecule has 2 aromatic rings. The van der Waals surface area contributed by atoms with E-state index in [2.05, 4.69) is 5.32 Å². The van der Waals surface area contributed by atoms with Crippen LogP contribution in [0.2, 0.25) is 0 Å². The van der Waals surface area contributed by atoms with Crippen LogP contribution in [0, 0.1) is 0 Å². The van der Waals surface area contributed by atoms with Gasteiger partial charge in [0.25, 0.3) is 0 Å². The summed E-state index contributed by atoms with van der Waals surface area (Å²) in [4.78, 5) is 10.9. The first-order valence-corrected chi connectivity index (χ1v) is 10.6. The Hall–Kier alpha value is -2.14. The highest BCUT2D eigenvalue weighted by molar-refractivity contribution is 7.54. The van der Waals surface area contributed by atoms with Gasteiger partial charge >= 0.3 is 7.60 Å². The van der Waals surface area contributed by atoms with E-state index in [0.29, 0.717) is 31.7 Å². The summed E-state index contributed by atoms with van der Waals surface area (Å²) in [5.41, 5.74) is 1.44. The van der Waals surface area contributed by atoms with Crippen molar-refractivity contribution in [1.29, 1.82) is 0 Å². The van der Waals surface area contributed by atoms with E-state index in [9.17, 15) is 14.5 Å². The first-order valence-electron chi connectivity index (χ1n) is 9.02. The number of carbonyl (C=O) groups excluding carboxylic acids is 1. The second kappa shape index (κ2) is 10.3. The predicted molar refractivity (Wildman–Crippen MR) is 104 cm³/mol. The maximum atomic E-state index is 13.6. The highest BCUT2D eigenvalue weighted by Gasteiger charge is 2.37. The number of rotatable bonds is 11. The molecule has 0 saturated heterocycles. The predicted octanol–water partition coefficient (Wildman–Crippen LogP) is 4.21. The normalized spacial score (nSPS) is 12.5. The van der Waals surface area contributed by atoms with Crippen LogP contribution < -0.4 is 10.4 Å². The molecule has 0 aromatic heterocycles. The number of carbonyl (C=O) groups is 1. The van der Waals surface area contributed by atoms with E-state index in [1.165, 1.54) is 12.1 Å². The number of carboxylic acids is 1. The molecule has 0 radical (unpaired) electrons. The lowest BCUT2D eigenvalue weighted by atomic mass is 10.2. The van der Waals surface area contributed by atoms with Gasteiger partial charge in [0.15, 0.2) is 5.78 Å². The van der Waals surface area contributed by atoms with Crippen LogP contribution in [0.1, 0.15) is 48.4 Å². The average molecular weight is 390 g/mol. The zero-order valence-corrected chi connectivity index (χ0v) is 16.5. The van der Waals surface area contributed by atoms with Crippen LogP contribution >= 0.6 is 7.60 Å². The molecule has 1 atom stereocenters. The molecule has 0 bridgehead atoms. The van der Waals surface area contributed by atoms with Gasteiger partial charge < -0.3 is 24.3 Å². The maximum Gasteiger partial charge on any atom is 0.357 e.